The van der Waals surface area contributed by atoms with Crippen LogP contribution in [0.15, 0.2) is 0 Å². The highest BCUT2D eigenvalue weighted by Crippen LogP contribution is 2.00. The summed E-state index contributed by atoms with van der Waals surface area (Å²) in [7, 11) is 0. The lowest BCUT2D eigenvalue weighted by Crippen LogP contribution is -2.11. The van der Waals surface area contributed by atoms with Crippen LogP contribution in [0.1, 0.15) is 51.4 Å². The summed E-state index contributed by atoms with van der Waals surface area (Å²) in [4.78, 5) is 50.2. The number of carboxylic acids is 4. The van der Waals surface area contributed by atoms with Crippen LogP contribution in [0.2, 0.25) is 0 Å². The highest BCUT2D eigenvalue weighted by molar-refractivity contribution is 6.32. The second-order valence-corrected chi connectivity index (χ2v) is 4.32. The summed E-state index contributed by atoms with van der Waals surface area (Å²) >= 11 is 0. The Balaban J connectivity index is 0. The Morgan fingerprint density at radius 2 is 0.773 bits per heavy atom. The van der Waals surface area contributed by atoms with E-state index in [0.29, 0.717) is 25.7 Å². The van der Waals surface area contributed by atoms with Crippen LogP contribution < -0.4 is 0 Å². The standard InChI is InChI=1S/C7H10O5.C6H10O4/c8-5(7(11)12)3-1-2-4-6(9)10;7-5(8)3-1-2-4-6(9)10/h1-4H2,(H,9,10)(H,11,12);1-4H2,(H,7,8)(H,9,10). The van der Waals surface area contributed by atoms with Crippen molar-refractivity contribution < 1.29 is 44.4 Å². The summed E-state index contributed by atoms with van der Waals surface area (Å²) in [5, 5.41) is 32.6. The summed E-state index contributed by atoms with van der Waals surface area (Å²) < 4.78 is 0. The molecule has 0 aromatic carbocycles. The minimum Gasteiger partial charge on any atom is -0.481 e. The van der Waals surface area contributed by atoms with Crippen molar-refractivity contribution in [3.05, 3.63) is 0 Å². The van der Waals surface area contributed by atoms with Crippen LogP contribution >= 0.6 is 0 Å². The highest BCUT2D eigenvalue weighted by atomic mass is 16.4. The average molecular weight is 320 g/mol. The topological polar surface area (TPSA) is 166 Å². The van der Waals surface area contributed by atoms with E-state index < -0.39 is 29.7 Å². The fraction of sp³-hybridized carbons (Fsp3) is 0.615. The van der Waals surface area contributed by atoms with Gasteiger partial charge in [0.25, 0.3) is 0 Å². The molecule has 0 aliphatic rings. The Kier molecular flexibility index (Phi) is 13.4. The fourth-order valence-electron chi connectivity index (χ4n) is 1.22. The van der Waals surface area contributed by atoms with Gasteiger partial charge in [-0.1, -0.05) is 0 Å². The molecule has 0 saturated carbocycles. The van der Waals surface area contributed by atoms with E-state index in [1.165, 1.54) is 0 Å². The molecule has 0 aromatic heterocycles. The van der Waals surface area contributed by atoms with Crippen LogP contribution in [0.5, 0.6) is 0 Å². The normalized spacial score (nSPS) is 9.27. The van der Waals surface area contributed by atoms with Crippen molar-refractivity contribution in [2.75, 3.05) is 0 Å². The quantitative estimate of drug-likeness (QED) is 0.320. The Morgan fingerprint density at radius 3 is 1.00 bits per heavy atom. The lowest BCUT2D eigenvalue weighted by Gasteiger charge is -1.94. The lowest BCUT2D eigenvalue weighted by molar-refractivity contribution is -0.149. The fourth-order valence-corrected chi connectivity index (χ4v) is 1.22. The molecule has 0 rings (SSSR count). The number of hydrogen-bond donors (Lipinski definition) is 4. The van der Waals surface area contributed by atoms with Crippen LogP contribution in [0, 0.1) is 0 Å². The number of carbonyl (C=O) groups excluding carboxylic acids is 1. The number of Topliss-reactive ketones (excluding diaryl/α,β-unsaturated/α-hetero) is 1. The maximum absolute atomic E-state index is 10.4. The number of carboxylic acid groups (broad SMARTS) is 4. The average Bonchev–Trinajstić information content (AvgIpc) is 2.39. The molecule has 0 saturated heterocycles. The molecule has 126 valence electrons. The second kappa shape index (κ2) is 13.5. The highest BCUT2D eigenvalue weighted by Gasteiger charge is 2.10. The zero-order chi connectivity index (χ0) is 17.5. The van der Waals surface area contributed by atoms with E-state index in [2.05, 4.69) is 0 Å². The van der Waals surface area contributed by atoms with Crippen molar-refractivity contribution in [1.82, 2.24) is 0 Å². The van der Waals surface area contributed by atoms with E-state index >= 15 is 0 Å². The first-order valence-electron chi connectivity index (χ1n) is 6.58. The van der Waals surface area contributed by atoms with Gasteiger partial charge in [0.05, 0.1) is 0 Å². The number of ketones is 1. The van der Waals surface area contributed by atoms with Crippen molar-refractivity contribution in [3.8, 4) is 0 Å². The predicted molar refractivity (Wildman–Crippen MR) is 72.5 cm³/mol. The van der Waals surface area contributed by atoms with Gasteiger partial charge in [-0.3, -0.25) is 19.2 Å². The number of rotatable bonds is 11. The molecule has 0 unspecified atom stereocenters. The first-order valence-corrected chi connectivity index (χ1v) is 6.58. The molecule has 4 N–H and O–H groups in total. The SMILES string of the molecule is O=C(O)CCCCC(=O)C(=O)O.O=C(O)CCCCC(=O)O. The summed E-state index contributed by atoms with van der Waals surface area (Å²) in [6.07, 6.45) is 1.57. The number of aliphatic carboxylic acids is 4. The minimum absolute atomic E-state index is 0.0209. The third kappa shape index (κ3) is 19.9. The molecule has 0 bridgehead atoms. The van der Waals surface area contributed by atoms with Crippen molar-refractivity contribution in [2.45, 2.75) is 51.4 Å². The molecular formula is C13H20O9. The summed E-state index contributed by atoms with van der Waals surface area (Å²) in [5.41, 5.74) is 0. The van der Waals surface area contributed by atoms with Crippen molar-refractivity contribution in [1.29, 1.82) is 0 Å². The molecule has 0 aromatic rings. The smallest absolute Gasteiger partial charge is 0.372 e. The zero-order valence-electron chi connectivity index (χ0n) is 12.0. The van der Waals surface area contributed by atoms with Crippen LogP contribution in [0.4, 0.5) is 0 Å². The maximum atomic E-state index is 10.4. The van der Waals surface area contributed by atoms with Gasteiger partial charge < -0.3 is 20.4 Å². The van der Waals surface area contributed by atoms with Gasteiger partial charge in [-0.2, -0.15) is 0 Å². The van der Waals surface area contributed by atoms with Gasteiger partial charge in [0, 0.05) is 25.7 Å². The van der Waals surface area contributed by atoms with E-state index in [4.69, 9.17) is 20.4 Å². The Bertz CT molecular complexity index is 384. The van der Waals surface area contributed by atoms with E-state index in [-0.39, 0.29) is 25.7 Å². The summed E-state index contributed by atoms with van der Waals surface area (Å²) in [6, 6.07) is 0. The van der Waals surface area contributed by atoms with Gasteiger partial charge in [-0.25, -0.2) is 4.79 Å². The van der Waals surface area contributed by atoms with E-state index in [9.17, 15) is 24.0 Å². The molecule has 22 heavy (non-hydrogen) atoms. The Labute approximate surface area is 126 Å². The summed E-state index contributed by atoms with van der Waals surface area (Å²) in [6.45, 7) is 0. The van der Waals surface area contributed by atoms with E-state index in [1.807, 2.05) is 0 Å². The third-order valence-electron chi connectivity index (χ3n) is 2.31. The zero-order valence-corrected chi connectivity index (χ0v) is 12.0. The van der Waals surface area contributed by atoms with Crippen LogP contribution in [0.3, 0.4) is 0 Å². The molecule has 0 fully saturated rings. The second-order valence-electron chi connectivity index (χ2n) is 4.32. The summed E-state index contributed by atoms with van der Waals surface area (Å²) in [5.74, 6) is -4.99. The van der Waals surface area contributed by atoms with Crippen LogP contribution in [-0.2, 0) is 24.0 Å². The van der Waals surface area contributed by atoms with Gasteiger partial charge in [0.1, 0.15) is 0 Å². The molecule has 0 heterocycles. The maximum Gasteiger partial charge on any atom is 0.372 e. The first kappa shape index (κ1) is 21.8. The van der Waals surface area contributed by atoms with Gasteiger partial charge in [-0.05, 0) is 25.7 Å². The number of unbranched alkanes of at least 4 members (excludes halogenated alkanes) is 2. The largest absolute Gasteiger partial charge is 0.481 e. The number of carbonyl (C=O) groups is 5. The van der Waals surface area contributed by atoms with Crippen LogP contribution in [0.25, 0.3) is 0 Å². The molecule has 0 aliphatic carbocycles. The molecule has 0 radical (unpaired) electrons. The van der Waals surface area contributed by atoms with Crippen molar-refractivity contribution in [3.63, 3.8) is 0 Å². The molecule has 9 nitrogen and oxygen atoms in total. The molecule has 0 amide bonds. The third-order valence-corrected chi connectivity index (χ3v) is 2.31. The molecular weight excluding hydrogens is 300 g/mol. The van der Waals surface area contributed by atoms with Gasteiger partial charge in [0.15, 0.2) is 0 Å². The minimum atomic E-state index is -1.45. The first-order chi connectivity index (χ1) is 10.2. The van der Waals surface area contributed by atoms with Crippen LogP contribution in [-0.4, -0.2) is 50.1 Å². The molecule has 9 heteroatoms. The van der Waals surface area contributed by atoms with Gasteiger partial charge >= 0.3 is 23.9 Å². The molecule has 0 atom stereocenters. The number of hydrogen-bond acceptors (Lipinski definition) is 5. The van der Waals surface area contributed by atoms with Gasteiger partial charge in [0.2, 0.25) is 5.78 Å². The Morgan fingerprint density at radius 1 is 0.500 bits per heavy atom. The van der Waals surface area contributed by atoms with E-state index in [1.54, 1.807) is 0 Å². The predicted octanol–water partition coefficient (Wildman–Crippen LogP) is 1.00. The lowest BCUT2D eigenvalue weighted by atomic mass is 10.1. The van der Waals surface area contributed by atoms with E-state index in [0.717, 1.165) is 0 Å². The van der Waals surface area contributed by atoms with Crippen molar-refractivity contribution >= 4 is 29.7 Å². The monoisotopic (exact) mass is 320 g/mol. The molecule has 0 spiro atoms. The Hall–Kier alpha value is -2.45. The molecule has 0 aliphatic heterocycles. The van der Waals surface area contributed by atoms with Gasteiger partial charge in [-0.15, -0.1) is 0 Å². The van der Waals surface area contributed by atoms with Crippen molar-refractivity contribution in [2.24, 2.45) is 0 Å².